The highest BCUT2D eigenvalue weighted by Crippen LogP contribution is 2.39. The van der Waals surface area contributed by atoms with Crippen molar-refractivity contribution in [2.45, 2.75) is 0 Å². The monoisotopic (exact) mass is 928 g/mol. The largest absolute Gasteiger partial charge is 0.311 e. The fraction of sp³-hybridized carbons (Fsp3) is 0. The highest BCUT2D eigenvalue weighted by molar-refractivity contribution is 7.17. The van der Waals surface area contributed by atoms with E-state index >= 15 is 0 Å². The molecule has 0 spiro atoms. The summed E-state index contributed by atoms with van der Waals surface area (Å²) < 4.78 is 0. The first-order valence-corrected chi connectivity index (χ1v) is 24.6. The number of rotatable bonds is 14. The summed E-state index contributed by atoms with van der Waals surface area (Å²) >= 11 is 1.61. The van der Waals surface area contributed by atoms with Gasteiger partial charge in [-0.15, -0.1) is 10.2 Å². The van der Waals surface area contributed by atoms with Crippen LogP contribution in [0.5, 0.6) is 0 Å². The Morgan fingerprint density at radius 3 is 0.817 bits per heavy atom. The van der Waals surface area contributed by atoms with Crippen LogP contribution in [0.3, 0.4) is 0 Å². The van der Waals surface area contributed by atoms with E-state index in [9.17, 15) is 0 Å². The molecule has 5 heteroatoms. The summed E-state index contributed by atoms with van der Waals surface area (Å²) in [6, 6.07) is 98.2. The Morgan fingerprint density at radius 2 is 0.521 bits per heavy atom. The third-order valence-electron chi connectivity index (χ3n) is 12.5. The van der Waals surface area contributed by atoms with Crippen LogP contribution in [0.1, 0.15) is 33.4 Å². The Balaban J connectivity index is 0.829. The lowest BCUT2D eigenvalue weighted by Gasteiger charge is -2.25. The second-order valence-electron chi connectivity index (χ2n) is 17.1. The van der Waals surface area contributed by atoms with Gasteiger partial charge in [0.2, 0.25) is 0 Å². The topological polar surface area (TPSA) is 32.3 Å². The first-order chi connectivity index (χ1) is 35.2. The Labute approximate surface area is 420 Å². The summed E-state index contributed by atoms with van der Waals surface area (Å²) in [6.07, 6.45) is 4.54. The van der Waals surface area contributed by atoms with Gasteiger partial charge in [-0.05, 0) is 129 Å². The van der Waals surface area contributed by atoms with Crippen molar-refractivity contribution in [3.8, 4) is 21.1 Å². The molecule has 0 fully saturated rings. The molecule has 0 N–H and O–H groups in total. The molecule has 0 aliphatic heterocycles. The molecule has 1 aromatic heterocycles. The summed E-state index contributed by atoms with van der Waals surface area (Å²) in [5, 5.41) is 11.1. The zero-order valence-corrected chi connectivity index (χ0v) is 39.7. The first-order valence-electron chi connectivity index (χ1n) is 23.8. The minimum atomic E-state index is 0.882. The quantitative estimate of drug-likeness (QED) is 0.102. The molecule has 1 heterocycles. The minimum absolute atomic E-state index is 0.882. The predicted molar refractivity (Wildman–Crippen MR) is 300 cm³/mol. The lowest BCUT2D eigenvalue weighted by molar-refractivity contribution is 1.10. The van der Waals surface area contributed by atoms with Crippen LogP contribution < -0.4 is 9.80 Å². The molecule has 0 bridgehead atoms. The van der Waals surface area contributed by atoms with Gasteiger partial charge in [0.25, 0.3) is 0 Å². The fourth-order valence-electron chi connectivity index (χ4n) is 8.92. The van der Waals surface area contributed by atoms with Gasteiger partial charge in [0, 0.05) is 45.3 Å². The molecule has 0 saturated heterocycles. The van der Waals surface area contributed by atoms with Gasteiger partial charge in [-0.1, -0.05) is 218 Å². The van der Waals surface area contributed by atoms with E-state index in [1.807, 2.05) is 0 Å². The van der Waals surface area contributed by atoms with Gasteiger partial charge in [0.05, 0.1) is 0 Å². The van der Waals surface area contributed by atoms with Crippen LogP contribution in [-0.2, 0) is 0 Å². The number of benzene rings is 10. The van der Waals surface area contributed by atoms with Crippen LogP contribution in [0, 0.1) is 0 Å². The van der Waals surface area contributed by atoms with E-state index in [0.29, 0.717) is 0 Å². The van der Waals surface area contributed by atoms with E-state index in [4.69, 9.17) is 0 Å². The summed E-state index contributed by atoms with van der Waals surface area (Å²) in [4.78, 5) is 4.58. The normalized spacial score (nSPS) is 11.5. The molecule has 71 heavy (non-hydrogen) atoms. The van der Waals surface area contributed by atoms with Gasteiger partial charge >= 0.3 is 0 Å². The molecule has 0 unspecified atom stereocenters. The van der Waals surface area contributed by atoms with E-state index < -0.39 is 0 Å². The molecular formula is C66H48N4S. The number of nitrogens with zero attached hydrogens (tertiary/aromatic N) is 4. The molecule has 0 radical (unpaired) electrons. The van der Waals surface area contributed by atoms with Crippen LogP contribution in [0.15, 0.2) is 279 Å². The van der Waals surface area contributed by atoms with Crippen molar-refractivity contribution in [2.75, 3.05) is 9.80 Å². The fourth-order valence-corrected chi connectivity index (χ4v) is 9.77. The predicted octanol–water partition coefficient (Wildman–Crippen LogP) is 18.0. The Kier molecular flexibility index (Phi) is 13.1. The summed E-state index contributed by atoms with van der Waals surface area (Å²) in [6.45, 7) is 0. The second-order valence-corrected chi connectivity index (χ2v) is 18.1. The zero-order chi connectivity index (χ0) is 47.6. The molecule has 338 valence electrons. The van der Waals surface area contributed by atoms with Gasteiger partial charge < -0.3 is 9.80 Å². The number of hydrogen-bond donors (Lipinski definition) is 0. The molecule has 4 nitrogen and oxygen atoms in total. The Bertz CT molecular complexity index is 3190. The highest BCUT2D eigenvalue weighted by atomic mass is 32.1. The van der Waals surface area contributed by atoms with Crippen molar-refractivity contribution in [3.05, 3.63) is 312 Å². The van der Waals surface area contributed by atoms with Gasteiger partial charge in [-0.25, -0.2) is 0 Å². The third-order valence-corrected chi connectivity index (χ3v) is 13.5. The van der Waals surface area contributed by atoms with E-state index in [1.54, 1.807) is 11.3 Å². The Hall–Kier alpha value is -9.16. The Morgan fingerprint density at radius 1 is 0.268 bits per heavy atom. The standard InChI is InChI=1S/C66H48N4S/c1-7-19-51(20-8-1)63(53-39-43-61(44-40-53)69(57-23-11-3-12-24-57)58-25-13-4-14-26-58)47-49-31-35-55(36-32-49)65-67-68-66(71-65)56-37-33-50(34-38-56)48-64(52-21-9-2-10-22-52)54-41-45-62(46-42-54)70(59-27-15-5-16-28-59)60-29-17-6-18-30-60/h1-48H. The molecule has 11 rings (SSSR count). The maximum absolute atomic E-state index is 4.66. The van der Waals surface area contributed by atoms with Gasteiger partial charge in [0.15, 0.2) is 0 Å². The zero-order valence-electron chi connectivity index (χ0n) is 38.9. The van der Waals surface area contributed by atoms with E-state index in [2.05, 4.69) is 311 Å². The van der Waals surface area contributed by atoms with Crippen LogP contribution in [0.25, 0.3) is 44.4 Å². The molecule has 10 aromatic carbocycles. The maximum Gasteiger partial charge on any atom is 0.148 e. The van der Waals surface area contributed by atoms with Gasteiger partial charge in [0.1, 0.15) is 10.0 Å². The number of anilines is 6. The molecule has 0 atom stereocenters. The van der Waals surface area contributed by atoms with Crippen LogP contribution in [-0.4, -0.2) is 10.2 Å². The molecular weight excluding hydrogens is 881 g/mol. The molecule has 0 amide bonds. The summed E-state index contributed by atoms with van der Waals surface area (Å²) in [5.41, 5.74) is 17.8. The summed E-state index contributed by atoms with van der Waals surface area (Å²) in [7, 11) is 0. The van der Waals surface area contributed by atoms with Crippen molar-refractivity contribution < 1.29 is 0 Å². The van der Waals surface area contributed by atoms with Gasteiger partial charge in [-0.3, -0.25) is 0 Å². The number of para-hydroxylation sites is 4. The van der Waals surface area contributed by atoms with Crippen molar-refractivity contribution >= 4 is 68.8 Å². The highest BCUT2D eigenvalue weighted by Gasteiger charge is 2.16. The van der Waals surface area contributed by atoms with Crippen LogP contribution in [0.4, 0.5) is 34.1 Å². The average molecular weight is 929 g/mol. The van der Waals surface area contributed by atoms with Crippen molar-refractivity contribution in [2.24, 2.45) is 0 Å². The van der Waals surface area contributed by atoms with Crippen molar-refractivity contribution in [1.82, 2.24) is 10.2 Å². The van der Waals surface area contributed by atoms with Crippen molar-refractivity contribution in [3.63, 3.8) is 0 Å². The van der Waals surface area contributed by atoms with Crippen LogP contribution >= 0.6 is 11.3 Å². The van der Waals surface area contributed by atoms with E-state index in [-0.39, 0.29) is 0 Å². The maximum atomic E-state index is 4.66. The SMILES string of the molecule is C(=C(c1ccccc1)c1ccc(N(c2ccccc2)c2ccccc2)cc1)c1ccc(-c2nnc(-c3ccc(C=C(c4ccccc4)c4ccc(N(c5ccccc5)c5ccccc5)cc4)cc3)s2)cc1. The molecule has 0 aliphatic rings. The van der Waals surface area contributed by atoms with Crippen LogP contribution in [0.2, 0.25) is 0 Å². The number of hydrogen-bond acceptors (Lipinski definition) is 5. The molecule has 11 aromatic rings. The smallest absolute Gasteiger partial charge is 0.148 e. The third kappa shape index (κ3) is 10.2. The van der Waals surface area contributed by atoms with E-state index in [0.717, 1.165) is 99.8 Å². The number of aromatic nitrogens is 2. The lowest BCUT2D eigenvalue weighted by atomic mass is 9.95. The lowest BCUT2D eigenvalue weighted by Crippen LogP contribution is -2.09. The average Bonchev–Trinajstić information content (AvgIpc) is 3.95. The molecule has 0 aliphatic carbocycles. The summed E-state index contributed by atoms with van der Waals surface area (Å²) in [5.74, 6) is 0. The first kappa shape index (κ1) is 44.4. The van der Waals surface area contributed by atoms with E-state index in [1.165, 1.54) is 0 Å². The molecule has 0 saturated carbocycles. The minimum Gasteiger partial charge on any atom is -0.311 e. The van der Waals surface area contributed by atoms with Gasteiger partial charge in [-0.2, -0.15) is 0 Å². The van der Waals surface area contributed by atoms with Crippen molar-refractivity contribution in [1.29, 1.82) is 0 Å². The second kappa shape index (κ2) is 21.0.